The maximum Gasteiger partial charge on any atom is 0.335 e. The summed E-state index contributed by atoms with van der Waals surface area (Å²) in [6.45, 7) is 1.34. The lowest BCUT2D eigenvalue weighted by Crippen LogP contribution is -2.35. The molecular weight excluding hydrogens is 384 g/mol. The Labute approximate surface area is 153 Å². The molecule has 12 heteroatoms. The van der Waals surface area contributed by atoms with Crippen molar-refractivity contribution in [1.29, 1.82) is 0 Å². The van der Waals surface area contributed by atoms with E-state index in [1.807, 2.05) is 4.72 Å². The van der Waals surface area contributed by atoms with E-state index in [4.69, 9.17) is 9.47 Å². The number of rotatable bonds is 7. The van der Waals surface area contributed by atoms with E-state index >= 15 is 0 Å². The van der Waals surface area contributed by atoms with Crippen molar-refractivity contribution in [3.8, 4) is 11.8 Å². The number of carbonyl (C=O) groups is 2. The fourth-order valence-electron chi connectivity index (χ4n) is 1.91. The van der Waals surface area contributed by atoms with Crippen LogP contribution in [0, 0.1) is 0 Å². The van der Waals surface area contributed by atoms with Gasteiger partial charge in [-0.15, -0.1) is 11.3 Å². The van der Waals surface area contributed by atoms with Crippen molar-refractivity contribution in [3.05, 3.63) is 28.0 Å². The highest BCUT2D eigenvalue weighted by molar-refractivity contribution is 7.89. The molecule has 10 nitrogen and oxygen atoms in total. The van der Waals surface area contributed by atoms with Crippen LogP contribution in [0.4, 0.5) is 10.7 Å². The first kappa shape index (κ1) is 19.6. The summed E-state index contributed by atoms with van der Waals surface area (Å²) in [6.07, 6.45) is 0. The molecule has 0 spiro atoms. The predicted molar refractivity (Wildman–Crippen MR) is 94.2 cm³/mol. The van der Waals surface area contributed by atoms with Gasteiger partial charge in [-0.25, -0.2) is 17.9 Å². The molecule has 0 saturated carbocycles. The lowest BCUT2D eigenvalue weighted by Gasteiger charge is -2.09. The number of amides is 2. The van der Waals surface area contributed by atoms with Crippen molar-refractivity contribution in [2.45, 2.75) is 12.7 Å². The summed E-state index contributed by atoms with van der Waals surface area (Å²) in [5.74, 6) is -0.707. The van der Waals surface area contributed by atoms with E-state index in [0.29, 0.717) is 10.4 Å². The Morgan fingerprint density at radius 2 is 1.81 bits per heavy atom. The third kappa shape index (κ3) is 5.13. The van der Waals surface area contributed by atoms with Crippen LogP contribution in [0.15, 0.2) is 17.5 Å². The lowest BCUT2D eigenvalue weighted by molar-refractivity contribution is 0.101. The van der Waals surface area contributed by atoms with Crippen molar-refractivity contribution in [3.63, 3.8) is 0 Å². The number of thiophene rings is 1. The average Bonchev–Trinajstić information content (AvgIpc) is 3.01. The van der Waals surface area contributed by atoms with Crippen LogP contribution >= 0.6 is 11.3 Å². The SMILES string of the molecule is COc1cc(OC)nc(NC(=O)NS(=O)(=O)Cc2sccc2C(C)=O)n1. The fourth-order valence-corrected chi connectivity index (χ4v) is 4.26. The Bertz CT molecular complexity index is 903. The molecule has 0 aliphatic heterocycles. The Balaban J connectivity index is 2.09. The van der Waals surface area contributed by atoms with Gasteiger partial charge in [0.05, 0.1) is 20.3 Å². The molecule has 0 fully saturated rings. The van der Waals surface area contributed by atoms with Gasteiger partial charge in [-0.1, -0.05) is 0 Å². The van der Waals surface area contributed by atoms with Crippen molar-refractivity contribution in [1.82, 2.24) is 14.7 Å². The minimum Gasteiger partial charge on any atom is -0.481 e. The zero-order chi connectivity index (χ0) is 19.3. The second-order valence-corrected chi connectivity index (χ2v) is 7.63. The second kappa shape index (κ2) is 8.10. The van der Waals surface area contributed by atoms with Crippen LogP contribution in [0.2, 0.25) is 0 Å². The number of nitrogens with one attached hydrogen (secondary N) is 2. The first-order valence-electron chi connectivity index (χ1n) is 7.10. The third-order valence-corrected chi connectivity index (χ3v) is 5.29. The largest absolute Gasteiger partial charge is 0.481 e. The number of ketones is 1. The summed E-state index contributed by atoms with van der Waals surface area (Å²) in [6, 6.07) is 1.87. The second-order valence-electron chi connectivity index (χ2n) is 4.91. The van der Waals surface area contributed by atoms with Crippen molar-refractivity contribution in [2.75, 3.05) is 19.5 Å². The summed E-state index contributed by atoms with van der Waals surface area (Å²) in [5, 5.41) is 3.80. The first-order valence-corrected chi connectivity index (χ1v) is 9.63. The van der Waals surface area contributed by atoms with Crippen LogP contribution in [-0.2, 0) is 15.8 Å². The van der Waals surface area contributed by atoms with Crippen LogP contribution in [-0.4, -0.2) is 44.4 Å². The number of hydrogen-bond donors (Lipinski definition) is 2. The van der Waals surface area contributed by atoms with E-state index in [-0.39, 0.29) is 23.5 Å². The number of hydrogen-bond acceptors (Lipinski definition) is 9. The van der Waals surface area contributed by atoms with Crippen LogP contribution in [0.3, 0.4) is 0 Å². The van der Waals surface area contributed by atoms with Gasteiger partial charge >= 0.3 is 6.03 Å². The molecule has 140 valence electrons. The van der Waals surface area contributed by atoms with Gasteiger partial charge < -0.3 is 9.47 Å². The maximum absolute atomic E-state index is 12.2. The monoisotopic (exact) mass is 400 g/mol. The normalized spacial score (nSPS) is 10.9. The highest BCUT2D eigenvalue weighted by atomic mass is 32.2. The van der Waals surface area contributed by atoms with Crippen LogP contribution < -0.4 is 19.5 Å². The van der Waals surface area contributed by atoms with E-state index in [1.54, 1.807) is 5.38 Å². The minimum absolute atomic E-state index is 0.125. The molecule has 2 N–H and O–H groups in total. The van der Waals surface area contributed by atoms with Gasteiger partial charge in [0.2, 0.25) is 27.7 Å². The highest BCUT2D eigenvalue weighted by Gasteiger charge is 2.20. The summed E-state index contributed by atoms with van der Waals surface area (Å²) < 4.78 is 36.0. The molecule has 0 bridgehead atoms. The van der Waals surface area contributed by atoms with Crippen LogP contribution in [0.5, 0.6) is 11.8 Å². The molecule has 2 rings (SSSR count). The lowest BCUT2D eigenvalue weighted by atomic mass is 10.2. The van der Waals surface area contributed by atoms with Gasteiger partial charge in [-0.3, -0.25) is 10.1 Å². The third-order valence-electron chi connectivity index (χ3n) is 3.02. The number of urea groups is 1. The molecule has 0 aromatic carbocycles. The van der Waals surface area contributed by atoms with Gasteiger partial charge in [0.15, 0.2) is 5.78 Å². The standard InChI is InChI=1S/C14H16N4O6S2/c1-8(19)9-4-5-25-10(9)7-26(21,22)18-14(20)17-13-15-11(23-2)6-12(16-13)24-3/h4-6H,7H2,1-3H3,(H2,15,16,17,18,20). The summed E-state index contributed by atoms with van der Waals surface area (Å²) >= 11 is 1.12. The maximum atomic E-state index is 12.2. The smallest absolute Gasteiger partial charge is 0.335 e. The van der Waals surface area contributed by atoms with E-state index in [1.165, 1.54) is 33.3 Å². The van der Waals surface area contributed by atoms with Gasteiger partial charge in [-0.2, -0.15) is 9.97 Å². The topological polar surface area (TPSA) is 137 Å². The molecule has 0 atom stereocenters. The molecule has 2 amide bonds. The van der Waals surface area contributed by atoms with Crippen molar-refractivity contribution < 1.29 is 27.5 Å². The number of ether oxygens (including phenoxy) is 2. The number of carbonyl (C=O) groups excluding carboxylic acids is 2. The number of anilines is 1. The number of methoxy groups -OCH3 is 2. The van der Waals surface area contributed by atoms with Crippen LogP contribution in [0.25, 0.3) is 0 Å². The number of nitrogens with zero attached hydrogens (tertiary/aromatic N) is 2. The Hall–Kier alpha value is -2.73. The first-order chi connectivity index (χ1) is 12.2. The molecule has 0 aliphatic carbocycles. The number of aromatic nitrogens is 2. The molecular formula is C14H16N4O6S2. The van der Waals surface area contributed by atoms with E-state index in [9.17, 15) is 18.0 Å². The Morgan fingerprint density at radius 3 is 2.35 bits per heavy atom. The molecule has 26 heavy (non-hydrogen) atoms. The summed E-state index contributed by atoms with van der Waals surface area (Å²) in [5.41, 5.74) is 0.307. The van der Waals surface area contributed by atoms with E-state index < -0.39 is 21.8 Å². The molecule has 2 heterocycles. The predicted octanol–water partition coefficient (Wildman–Crippen LogP) is 1.41. The summed E-state index contributed by atoms with van der Waals surface area (Å²) in [7, 11) is -1.30. The van der Waals surface area contributed by atoms with Crippen LogP contribution in [0.1, 0.15) is 22.2 Å². The zero-order valence-corrected chi connectivity index (χ0v) is 15.7. The Morgan fingerprint density at radius 1 is 1.19 bits per heavy atom. The molecule has 0 aliphatic rings. The van der Waals surface area contributed by atoms with Gasteiger partial charge in [-0.05, 0) is 18.4 Å². The molecule has 0 radical (unpaired) electrons. The summed E-state index contributed by atoms with van der Waals surface area (Å²) in [4.78, 5) is 31.5. The minimum atomic E-state index is -4.03. The van der Waals surface area contributed by atoms with Gasteiger partial charge in [0.1, 0.15) is 5.75 Å². The molecule has 0 saturated heterocycles. The Kier molecular flexibility index (Phi) is 6.10. The number of Topliss-reactive ketones (excluding diaryl/α,β-unsaturated/α-hetero) is 1. The number of sulfonamides is 1. The quantitative estimate of drug-likeness (QED) is 0.666. The van der Waals surface area contributed by atoms with Gasteiger partial charge in [0.25, 0.3) is 0 Å². The van der Waals surface area contributed by atoms with Gasteiger partial charge in [0, 0.05) is 10.4 Å². The van der Waals surface area contributed by atoms with Crippen molar-refractivity contribution >= 4 is 39.1 Å². The van der Waals surface area contributed by atoms with E-state index in [2.05, 4.69) is 15.3 Å². The highest BCUT2D eigenvalue weighted by Crippen LogP contribution is 2.20. The molecule has 2 aromatic heterocycles. The zero-order valence-electron chi connectivity index (χ0n) is 14.1. The van der Waals surface area contributed by atoms with E-state index in [0.717, 1.165) is 11.3 Å². The van der Waals surface area contributed by atoms with Crippen molar-refractivity contribution in [2.24, 2.45) is 0 Å². The molecule has 2 aromatic rings. The average molecular weight is 400 g/mol. The molecule has 0 unspecified atom stereocenters. The fraction of sp³-hybridized carbons (Fsp3) is 0.286.